The molecule has 0 bridgehead atoms. The third kappa shape index (κ3) is 1.36. The Morgan fingerprint density at radius 3 is 2.93 bits per heavy atom. The zero-order chi connectivity index (χ0) is 10.4. The summed E-state index contributed by atoms with van der Waals surface area (Å²) >= 11 is 2.23. The molecule has 1 aromatic rings. The fraction of sp³-hybridized carbons (Fsp3) is 0.333. The lowest BCUT2D eigenvalue weighted by atomic mass is 9.83. The van der Waals surface area contributed by atoms with Gasteiger partial charge in [-0.3, -0.25) is 4.79 Å². The summed E-state index contributed by atoms with van der Waals surface area (Å²) in [5.41, 5.74) is 3.03. The molecule has 3 rings (SSSR count). The van der Waals surface area contributed by atoms with Crippen molar-refractivity contribution in [3.63, 3.8) is 0 Å². The Bertz CT molecular complexity index is 466. The summed E-state index contributed by atoms with van der Waals surface area (Å²) in [4.78, 5) is 16.4. The molecule has 1 aliphatic carbocycles. The van der Waals surface area contributed by atoms with Gasteiger partial charge in [0.1, 0.15) is 0 Å². The molecular weight excluding hydrogens is 301 g/mol. The van der Waals surface area contributed by atoms with E-state index in [9.17, 15) is 4.79 Å². The highest BCUT2D eigenvalue weighted by Gasteiger charge is 2.38. The van der Waals surface area contributed by atoms with E-state index in [2.05, 4.69) is 33.6 Å². The quantitative estimate of drug-likeness (QED) is 0.535. The maximum absolute atomic E-state index is 11.9. The molecule has 0 saturated heterocycles. The highest BCUT2D eigenvalue weighted by atomic mass is 127. The van der Waals surface area contributed by atoms with Gasteiger partial charge in [-0.15, -0.1) is 0 Å². The second-order valence-electron chi connectivity index (χ2n) is 4.02. The number of halogens is 1. The lowest BCUT2D eigenvalue weighted by Crippen LogP contribution is -2.32. The van der Waals surface area contributed by atoms with Crippen LogP contribution in [0.5, 0.6) is 0 Å². The molecule has 15 heavy (non-hydrogen) atoms. The van der Waals surface area contributed by atoms with Crippen LogP contribution in [0.15, 0.2) is 29.3 Å². The molecule has 1 aliphatic heterocycles. The minimum Gasteiger partial charge on any atom is -0.292 e. The van der Waals surface area contributed by atoms with E-state index < -0.39 is 0 Å². The fourth-order valence-corrected chi connectivity index (χ4v) is 3.04. The van der Waals surface area contributed by atoms with Crippen LogP contribution in [0.4, 0.5) is 5.69 Å². The van der Waals surface area contributed by atoms with Gasteiger partial charge in [0.05, 0.1) is 15.3 Å². The van der Waals surface area contributed by atoms with Crippen molar-refractivity contribution in [3.05, 3.63) is 29.8 Å². The van der Waals surface area contributed by atoms with Crippen molar-refractivity contribution < 1.29 is 4.79 Å². The Morgan fingerprint density at radius 1 is 1.27 bits per heavy atom. The van der Waals surface area contributed by atoms with Crippen LogP contribution >= 0.6 is 22.6 Å². The van der Waals surface area contributed by atoms with E-state index in [0.717, 1.165) is 24.2 Å². The first-order valence-corrected chi connectivity index (χ1v) is 6.38. The molecule has 0 radical (unpaired) electrons. The van der Waals surface area contributed by atoms with Gasteiger partial charge in [0.25, 0.3) is 0 Å². The molecular formula is C12H10INO. The highest BCUT2D eigenvalue weighted by Crippen LogP contribution is 2.42. The van der Waals surface area contributed by atoms with E-state index in [-0.39, 0.29) is 15.6 Å². The lowest BCUT2D eigenvalue weighted by Gasteiger charge is -2.22. The minimum atomic E-state index is 0.131. The third-order valence-electron chi connectivity index (χ3n) is 3.13. The normalized spacial score (nSPS) is 28.3. The van der Waals surface area contributed by atoms with Gasteiger partial charge in [0.2, 0.25) is 0 Å². The van der Waals surface area contributed by atoms with Crippen molar-refractivity contribution in [2.75, 3.05) is 0 Å². The smallest absolute Gasteiger partial charge is 0.190 e. The average Bonchev–Trinajstić information content (AvgIpc) is 2.63. The molecule has 2 aliphatic rings. The van der Waals surface area contributed by atoms with Crippen LogP contribution in [0.1, 0.15) is 24.3 Å². The molecule has 2 atom stereocenters. The molecule has 0 spiro atoms. The van der Waals surface area contributed by atoms with Crippen LogP contribution in [0.3, 0.4) is 0 Å². The number of aliphatic imine (C=N–C) groups is 1. The average molecular weight is 311 g/mol. The van der Waals surface area contributed by atoms with Crippen LogP contribution < -0.4 is 0 Å². The molecule has 1 aromatic carbocycles. The summed E-state index contributed by atoms with van der Waals surface area (Å²) in [6.07, 6.45) is 2.05. The maximum Gasteiger partial charge on any atom is 0.190 e. The molecule has 76 valence electrons. The Morgan fingerprint density at radius 2 is 2.07 bits per heavy atom. The number of rotatable bonds is 0. The van der Waals surface area contributed by atoms with Gasteiger partial charge in [-0.2, -0.15) is 0 Å². The van der Waals surface area contributed by atoms with Crippen molar-refractivity contribution in [1.29, 1.82) is 0 Å². The van der Waals surface area contributed by atoms with Gasteiger partial charge in [0, 0.05) is 5.92 Å². The summed E-state index contributed by atoms with van der Waals surface area (Å²) in [5.74, 6) is 0.516. The van der Waals surface area contributed by atoms with Crippen molar-refractivity contribution in [1.82, 2.24) is 0 Å². The largest absolute Gasteiger partial charge is 0.292 e. The van der Waals surface area contributed by atoms with E-state index in [0.29, 0.717) is 0 Å². The number of carbonyl (C=O) groups is 1. The minimum absolute atomic E-state index is 0.131. The van der Waals surface area contributed by atoms with Crippen molar-refractivity contribution in [2.45, 2.75) is 22.7 Å². The number of alkyl halides is 1. The van der Waals surface area contributed by atoms with E-state index in [1.165, 1.54) is 5.56 Å². The molecule has 0 amide bonds. The van der Waals surface area contributed by atoms with Crippen LogP contribution in [0.25, 0.3) is 0 Å². The van der Waals surface area contributed by atoms with Crippen molar-refractivity contribution in [2.24, 2.45) is 4.99 Å². The molecule has 1 saturated carbocycles. The zero-order valence-corrected chi connectivity index (χ0v) is 10.3. The van der Waals surface area contributed by atoms with Crippen LogP contribution in [0, 0.1) is 0 Å². The van der Waals surface area contributed by atoms with Crippen molar-refractivity contribution in [3.8, 4) is 0 Å². The Labute approximate surface area is 102 Å². The fourth-order valence-electron chi connectivity index (χ4n) is 2.36. The first kappa shape index (κ1) is 9.51. The SMILES string of the molecule is O=C1C2=Nc3ccccc3C2CCC1I. The molecule has 0 aromatic heterocycles. The van der Waals surface area contributed by atoms with Crippen molar-refractivity contribution >= 4 is 39.8 Å². The number of hydrogen-bond donors (Lipinski definition) is 0. The Hall–Kier alpha value is -0.710. The first-order chi connectivity index (χ1) is 7.27. The zero-order valence-electron chi connectivity index (χ0n) is 8.11. The van der Waals surface area contributed by atoms with E-state index in [1.54, 1.807) is 0 Å². The van der Waals surface area contributed by atoms with E-state index >= 15 is 0 Å². The topological polar surface area (TPSA) is 29.4 Å². The van der Waals surface area contributed by atoms with Crippen LogP contribution in [-0.2, 0) is 4.79 Å². The monoisotopic (exact) mass is 311 g/mol. The highest BCUT2D eigenvalue weighted by molar-refractivity contribution is 14.1. The van der Waals surface area contributed by atoms with E-state index in [4.69, 9.17) is 0 Å². The number of benzene rings is 1. The number of para-hydroxylation sites is 1. The molecule has 0 N–H and O–H groups in total. The first-order valence-electron chi connectivity index (χ1n) is 5.13. The molecule has 1 fully saturated rings. The number of carbonyl (C=O) groups excluding carboxylic acids is 1. The van der Waals surface area contributed by atoms with Crippen LogP contribution in [-0.4, -0.2) is 15.4 Å². The van der Waals surface area contributed by atoms with Crippen LogP contribution in [0.2, 0.25) is 0 Å². The number of fused-ring (bicyclic) bond motifs is 3. The third-order valence-corrected chi connectivity index (χ3v) is 4.32. The van der Waals surface area contributed by atoms with Gasteiger partial charge in [-0.25, -0.2) is 4.99 Å². The summed E-state index contributed by atoms with van der Waals surface area (Å²) < 4.78 is 0.131. The standard InChI is InChI=1S/C12H10INO/c13-9-6-5-8-7-3-1-2-4-10(7)14-11(8)12(9)15/h1-4,8-9H,5-6H2. The van der Waals surface area contributed by atoms with Gasteiger partial charge in [-0.1, -0.05) is 40.8 Å². The predicted octanol–water partition coefficient (Wildman–Crippen LogP) is 3.02. The summed E-state index contributed by atoms with van der Waals surface area (Å²) in [6, 6.07) is 8.09. The Balaban J connectivity index is 2.09. The van der Waals surface area contributed by atoms with E-state index in [1.807, 2.05) is 18.2 Å². The Kier molecular flexibility index (Phi) is 2.16. The lowest BCUT2D eigenvalue weighted by molar-refractivity contribution is -0.112. The van der Waals surface area contributed by atoms with Gasteiger partial charge in [-0.05, 0) is 24.5 Å². The molecule has 3 heteroatoms. The van der Waals surface area contributed by atoms with Gasteiger partial charge >= 0.3 is 0 Å². The maximum atomic E-state index is 11.9. The second kappa shape index (κ2) is 3.40. The second-order valence-corrected chi connectivity index (χ2v) is 5.52. The molecule has 2 unspecified atom stereocenters. The summed E-state index contributed by atoms with van der Waals surface area (Å²) in [6.45, 7) is 0. The molecule has 2 nitrogen and oxygen atoms in total. The number of hydrogen-bond acceptors (Lipinski definition) is 2. The number of nitrogens with zero attached hydrogens (tertiary/aromatic N) is 1. The summed E-state index contributed by atoms with van der Waals surface area (Å²) in [5, 5.41) is 0. The number of ketones is 1. The summed E-state index contributed by atoms with van der Waals surface area (Å²) in [7, 11) is 0. The van der Waals surface area contributed by atoms with Gasteiger partial charge < -0.3 is 0 Å². The predicted molar refractivity (Wildman–Crippen MR) is 68.3 cm³/mol. The molecule has 1 heterocycles. The van der Waals surface area contributed by atoms with Gasteiger partial charge in [0.15, 0.2) is 5.78 Å². The number of Topliss-reactive ketones (excluding diaryl/α,β-unsaturated/α-hetero) is 1.